The molecule has 2 aromatic carbocycles. The highest BCUT2D eigenvalue weighted by Crippen LogP contribution is 2.32. The molecule has 0 aliphatic carbocycles. The van der Waals surface area contributed by atoms with E-state index >= 15 is 0 Å². The second-order valence-corrected chi connectivity index (χ2v) is 8.50. The first-order chi connectivity index (χ1) is 13.5. The molecule has 4 rings (SSSR count). The van der Waals surface area contributed by atoms with Crippen molar-refractivity contribution in [3.05, 3.63) is 63.1 Å². The van der Waals surface area contributed by atoms with Gasteiger partial charge < -0.3 is 10.2 Å². The standard InChI is InChI=1S/C22H25Cl2N3O/c1-26-11-8-16-12-15(4-7-20(16)26)21(27-9-2-3-10-27)14-25-22(28)18-13-17(23)5-6-19(18)24/h4-7,12-13,21H,2-3,8-11,14H2,1H3,(H,25,28). The number of halogens is 2. The third-order valence-corrected chi connectivity index (χ3v) is 6.39. The maximum Gasteiger partial charge on any atom is 0.252 e. The molecule has 0 spiro atoms. The minimum Gasteiger partial charge on any atom is -0.374 e. The number of likely N-dealkylation sites (tertiary alicyclic amines) is 1. The van der Waals surface area contributed by atoms with Crippen LogP contribution in [0.1, 0.15) is 40.4 Å². The Labute approximate surface area is 176 Å². The molecule has 2 aliphatic rings. The van der Waals surface area contributed by atoms with Crippen LogP contribution in [0.4, 0.5) is 5.69 Å². The van der Waals surface area contributed by atoms with E-state index in [-0.39, 0.29) is 11.9 Å². The molecule has 0 saturated carbocycles. The molecule has 2 heterocycles. The minimum atomic E-state index is -0.183. The van der Waals surface area contributed by atoms with Gasteiger partial charge in [0.2, 0.25) is 0 Å². The molecule has 1 atom stereocenters. The maximum atomic E-state index is 12.7. The third-order valence-electron chi connectivity index (χ3n) is 5.83. The van der Waals surface area contributed by atoms with Crippen LogP contribution in [-0.4, -0.2) is 44.0 Å². The Morgan fingerprint density at radius 1 is 1.11 bits per heavy atom. The summed E-state index contributed by atoms with van der Waals surface area (Å²) in [5.41, 5.74) is 4.41. The topological polar surface area (TPSA) is 35.6 Å². The molecule has 1 unspecified atom stereocenters. The minimum absolute atomic E-state index is 0.167. The zero-order valence-electron chi connectivity index (χ0n) is 16.0. The summed E-state index contributed by atoms with van der Waals surface area (Å²) in [7, 11) is 2.14. The lowest BCUT2D eigenvalue weighted by atomic mass is 10.0. The normalized spacial score (nSPS) is 17.6. The Morgan fingerprint density at radius 3 is 2.68 bits per heavy atom. The number of anilines is 1. The summed E-state index contributed by atoms with van der Waals surface area (Å²) in [6.07, 6.45) is 3.49. The summed E-state index contributed by atoms with van der Waals surface area (Å²) in [5.74, 6) is -0.183. The number of hydrogen-bond donors (Lipinski definition) is 1. The van der Waals surface area contributed by atoms with Crippen LogP contribution in [0.2, 0.25) is 10.0 Å². The van der Waals surface area contributed by atoms with E-state index in [4.69, 9.17) is 23.2 Å². The Balaban J connectivity index is 1.54. The van der Waals surface area contributed by atoms with Crippen LogP contribution >= 0.6 is 23.2 Å². The van der Waals surface area contributed by atoms with Gasteiger partial charge in [-0.25, -0.2) is 0 Å². The smallest absolute Gasteiger partial charge is 0.252 e. The van der Waals surface area contributed by atoms with Gasteiger partial charge in [0.25, 0.3) is 5.91 Å². The predicted octanol–water partition coefficient (Wildman–Crippen LogP) is 4.55. The van der Waals surface area contributed by atoms with Crippen LogP contribution in [0, 0.1) is 0 Å². The first kappa shape index (κ1) is 19.6. The monoisotopic (exact) mass is 417 g/mol. The number of hydrogen-bond acceptors (Lipinski definition) is 3. The molecule has 148 valence electrons. The quantitative estimate of drug-likeness (QED) is 0.774. The first-order valence-electron chi connectivity index (χ1n) is 9.84. The average molecular weight is 418 g/mol. The van der Waals surface area contributed by atoms with Crippen LogP contribution in [-0.2, 0) is 6.42 Å². The van der Waals surface area contributed by atoms with Gasteiger partial charge in [-0.05, 0) is 67.7 Å². The van der Waals surface area contributed by atoms with Crippen molar-refractivity contribution in [1.82, 2.24) is 10.2 Å². The molecule has 4 nitrogen and oxygen atoms in total. The molecule has 1 N–H and O–H groups in total. The van der Waals surface area contributed by atoms with Gasteiger partial charge in [-0.1, -0.05) is 35.3 Å². The Morgan fingerprint density at radius 2 is 1.89 bits per heavy atom. The first-order valence-corrected chi connectivity index (χ1v) is 10.6. The number of fused-ring (bicyclic) bond motifs is 1. The Hall–Kier alpha value is -1.75. The van der Waals surface area contributed by atoms with Gasteiger partial charge in [-0.3, -0.25) is 9.69 Å². The summed E-state index contributed by atoms with van der Waals surface area (Å²) in [6, 6.07) is 11.9. The van der Waals surface area contributed by atoms with E-state index in [2.05, 4.69) is 40.4 Å². The maximum absolute atomic E-state index is 12.7. The van der Waals surface area contributed by atoms with E-state index in [0.717, 1.165) is 26.1 Å². The summed E-state index contributed by atoms with van der Waals surface area (Å²) >= 11 is 12.2. The van der Waals surface area contributed by atoms with Gasteiger partial charge in [0, 0.05) is 30.8 Å². The summed E-state index contributed by atoms with van der Waals surface area (Å²) in [4.78, 5) is 17.5. The lowest BCUT2D eigenvalue weighted by Gasteiger charge is -2.29. The van der Waals surface area contributed by atoms with E-state index < -0.39 is 0 Å². The number of benzene rings is 2. The molecule has 0 radical (unpaired) electrons. The predicted molar refractivity (Wildman–Crippen MR) is 116 cm³/mol. The van der Waals surface area contributed by atoms with E-state index in [1.54, 1.807) is 18.2 Å². The van der Waals surface area contributed by atoms with Gasteiger partial charge in [0.1, 0.15) is 0 Å². The number of rotatable bonds is 5. The second kappa shape index (κ2) is 8.32. The molecular formula is C22H25Cl2N3O. The van der Waals surface area contributed by atoms with Crippen LogP contribution in [0.15, 0.2) is 36.4 Å². The fourth-order valence-electron chi connectivity index (χ4n) is 4.26. The second-order valence-electron chi connectivity index (χ2n) is 7.65. The highest BCUT2D eigenvalue weighted by molar-refractivity contribution is 6.35. The number of amides is 1. The van der Waals surface area contributed by atoms with Crippen molar-refractivity contribution in [2.45, 2.75) is 25.3 Å². The highest BCUT2D eigenvalue weighted by atomic mass is 35.5. The van der Waals surface area contributed by atoms with Crippen molar-refractivity contribution in [2.24, 2.45) is 0 Å². The van der Waals surface area contributed by atoms with Gasteiger partial charge in [0.15, 0.2) is 0 Å². The molecule has 1 amide bonds. The van der Waals surface area contributed by atoms with Gasteiger partial charge in [0.05, 0.1) is 16.6 Å². The van der Waals surface area contributed by atoms with Crippen LogP contribution in [0.25, 0.3) is 0 Å². The lowest BCUT2D eigenvalue weighted by Crippen LogP contribution is -2.37. The number of likely N-dealkylation sites (N-methyl/N-ethyl adjacent to an activating group) is 1. The molecule has 6 heteroatoms. The largest absolute Gasteiger partial charge is 0.374 e. The number of carbonyl (C=O) groups is 1. The summed E-state index contributed by atoms with van der Waals surface area (Å²) in [5, 5.41) is 4.01. The summed E-state index contributed by atoms with van der Waals surface area (Å²) < 4.78 is 0. The van der Waals surface area contributed by atoms with Crippen LogP contribution < -0.4 is 10.2 Å². The van der Waals surface area contributed by atoms with E-state index in [1.807, 2.05) is 0 Å². The molecule has 1 fully saturated rings. The number of carbonyl (C=O) groups excluding carboxylic acids is 1. The van der Waals surface area contributed by atoms with E-state index in [1.165, 1.54) is 29.7 Å². The fraction of sp³-hybridized carbons (Fsp3) is 0.409. The Bertz CT molecular complexity index is 880. The summed E-state index contributed by atoms with van der Waals surface area (Å²) in [6.45, 7) is 3.75. The third kappa shape index (κ3) is 4.00. The van der Waals surface area contributed by atoms with Crippen molar-refractivity contribution in [3.8, 4) is 0 Å². The SMILES string of the molecule is CN1CCc2cc(C(CNC(=O)c3cc(Cl)ccc3Cl)N3CCCC3)ccc21. The lowest BCUT2D eigenvalue weighted by molar-refractivity contribution is 0.0938. The molecule has 28 heavy (non-hydrogen) atoms. The zero-order chi connectivity index (χ0) is 19.7. The molecule has 1 saturated heterocycles. The molecule has 0 bridgehead atoms. The number of nitrogens with one attached hydrogen (secondary N) is 1. The molecule has 2 aromatic rings. The van der Waals surface area contributed by atoms with Crippen LogP contribution in [0.3, 0.4) is 0 Å². The van der Waals surface area contributed by atoms with E-state index in [9.17, 15) is 4.79 Å². The fourth-order valence-corrected chi connectivity index (χ4v) is 4.64. The van der Waals surface area contributed by atoms with Gasteiger partial charge in [-0.15, -0.1) is 0 Å². The molecular weight excluding hydrogens is 393 g/mol. The van der Waals surface area contributed by atoms with Crippen molar-refractivity contribution >= 4 is 34.8 Å². The molecule has 0 aromatic heterocycles. The van der Waals surface area contributed by atoms with Crippen molar-refractivity contribution in [1.29, 1.82) is 0 Å². The van der Waals surface area contributed by atoms with Gasteiger partial charge in [-0.2, -0.15) is 0 Å². The van der Waals surface area contributed by atoms with Crippen molar-refractivity contribution < 1.29 is 4.79 Å². The molecule has 2 aliphatic heterocycles. The van der Waals surface area contributed by atoms with Crippen molar-refractivity contribution in [3.63, 3.8) is 0 Å². The van der Waals surface area contributed by atoms with Crippen molar-refractivity contribution in [2.75, 3.05) is 38.1 Å². The van der Waals surface area contributed by atoms with E-state index in [0.29, 0.717) is 22.2 Å². The average Bonchev–Trinajstić information content (AvgIpc) is 3.34. The highest BCUT2D eigenvalue weighted by Gasteiger charge is 2.26. The Kier molecular flexibility index (Phi) is 5.81. The zero-order valence-corrected chi connectivity index (χ0v) is 17.6. The van der Waals surface area contributed by atoms with Crippen LogP contribution in [0.5, 0.6) is 0 Å². The van der Waals surface area contributed by atoms with Gasteiger partial charge >= 0.3 is 0 Å². The number of nitrogens with zero attached hydrogens (tertiary/aromatic N) is 2.